The first-order valence-corrected chi connectivity index (χ1v) is 6.77. The number of rotatable bonds is 4. The second-order valence-corrected chi connectivity index (χ2v) is 5.15. The third kappa shape index (κ3) is 3.01. The van der Waals surface area contributed by atoms with E-state index in [4.69, 9.17) is 0 Å². The molecule has 5 nitrogen and oxygen atoms in total. The summed E-state index contributed by atoms with van der Waals surface area (Å²) in [5, 5.41) is 6.85. The lowest BCUT2D eigenvalue weighted by Crippen LogP contribution is -2.20. The van der Waals surface area contributed by atoms with E-state index in [-0.39, 0.29) is 17.2 Å². The first kappa shape index (κ1) is 12.0. The molecular formula is C10H11N3O2S2. The standard InChI is InChI=1S/C10H11N3O2S2/c1-7-6-17-10(15)13(7)4-2-8(14)12-9-11-3-5-16-9/h3,5-6H,2,4H2,1H3,(H,11,12,14). The van der Waals surface area contributed by atoms with Crippen LogP contribution < -0.4 is 10.2 Å². The fourth-order valence-electron chi connectivity index (χ4n) is 1.35. The van der Waals surface area contributed by atoms with Gasteiger partial charge in [-0.05, 0) is 6.92 Å². The van der Waals surface area contributed by atoms with E-state index in [0.29, 0.717) is 11.7 Å². The van der Waals surface area contributed by atoms with Crippen molar-refractivity contribution in [1.82, 2.24) is 9.55 Å². The Hall–Kier alpha value is -1.47. The Labute approximate surface area is 106 Å². The summed E-state index contributed by atoms with van der Waals surface area (Å²) in [6.07, 6.45) is 1.91. The van der Waals surface area contributed by atoms with Gasteiger partial charge in [-0.1, -0.05) is 11.3 Å². The van der Waals surface area contributed by atoms with Crippen LogP contribution in [0.1, 0.15) is 12.1 Å². The maximum absolute atomic E-state index is 11.6. The number of hydrogen-bond donors (Lipinski definition) is 1. The molecule has 0 aliphatic rings. The van der Waals surface area contributed by atoms with Gasteiger partial charge in [0.1, 0.15) is 0 Å². The van der Waals surface area contributed by atoms with Crippen molar-refractivity contribution in [1.29, 1.82) is 0 Å². The zero-order valence-corrected chi connectivity index (χ0v) is 10.8. The van der Waals surface area contributed by atoms with Gasteiger partial charge >= 0.3 is 4.87 Å². The smallest absolute Gasteiger partial charge is 0.303 e. The zero-order valence-electron chi connectivity index (χ0n) is 9.17. The number of thiazole rings is 2. The minimum atomic E-state index is -0.127. The highest BCUT2D eigenvalue weighted by molar-refractivity contribution is 7.13. The Balaban J connectivity index is 1.90. The van der Waals surface area contributed by atoms with Gasteiger partial charge in [-0.3, -0.25) is 9.59 Å². The van der Waals surface area contributed by atoms with Crippen molar-refractivity contribution >= 4 is 33.7 Å². The predicted octanol–water partition coefficient (Wildman–Crippen LogP) is 1.70. The van der Waals surface area contributed by atoms with Gasteiger partial charge in [0.15, 0.2) is 5.13 Å². The molecule has 1 N–H and O–H groups in total. The van der Waals surface area contributed by atoms with Crippen LogP contribution >= 0.6 is 22.7 Å². The quantitative estimate of drug-likeness (QED) is 0.919. The number of aromatic nitrogens is 2. The molecule has 17 heavy (non-hydrogen) atoms. The molecule has 0 atom stereocenters. The van der Waals surface area contributed by atoms with Gasteiger partial charge in [0, 0.05) is 35.6 Å². The number of nitrogens with zero attached hydrogens (tertiary/aromatic N) is 2. The second kappa shape index (κ2) is 5.24. The largest absolute Gasteiger partial charge is 0.307 e. The normalized spacial score (nSPS) is 10.4. The van der Waals surface area contributed by atoms with Gasteiger partial charge in [-0.15, -0.1) is 11.3 Å². The molecule has 0 saturated heterocycles. The number of carbonyl (C=O) groups is 1. The van der Waals surface area contributed by atoms with Crippen molar-refractivity contribution in [2.45, 2.75) is 19.9 Å². The molecule has 0 saturated carbocycles. The van der Waals surface area contributed by atoms with Crippen LogP contribution in [0.25, 0.3) is 0 Å². The first-order valence-electron chi connectivity index (χ1n) is 5.01. The molecule has 1 amide bonds. The SMILES string of the molecule is Cc1csc(=O)n1CCC(=O)Nc1nccs1. The summed E-state index contributed by atoms with van der Waals surface area (Å²) in [5.74, 6) is -0.127. The molecule has 2 heterocycles. The lowest BCUT2D eigenvalue weighted by molar-refractivity contribution is -0.116. The Bertz CT molecular complexity index is 556. The van der Waals surface area contributed by atoms with Crippen LogP contribution in [0, 0.1) is 6.92 Å². The molecule has 7 heteroatoms. The average Bonchev–Trinajstić information content (AvgIpc) is 2.88. The van der Waals surface area contributed by atoms with Gasteiger partial charge in [0.25, 0.3) is 0 Å². The fraction of sp³-hybridized carbons (Fsp3) is 0.300. The van der Waals surface area contributed by atoms with E-state index >= 15 is 0 Å². The van der Waals surface area contributed by atoms with E-state index in [1.54, 1.807) is 21.5 Å². The number of amides is 1. The Morgan fingerprint density at radius 3 is 2.94 bits per heavy atom. The second-order valence-electron chi connectivity index (χ2n) is 3.43. The zero-order chi connectivity index (χ0) is 12.3. The fourth-order valence-corrected chi connectivity index (χ4v) is 2.66. The highest BCUT2D eigenvalue weighted by Crippen LogP contribution is 2.10. The molecule has 0 bridgehead atoms. The first-order chi connectivity index (χ1) is 8.16. The van der Waals surface area contributed by atoms with Gasteiger partial charge in [0.05, 0.1) is 0 Å². The molecule has 0 aliphatic heterocycles. The van der Waals surface area contributed by atoms with Gasteiger partial charge in [-0.25, -0.2) is 4.98 Å². The summed E-state index contributed by atoms with van der Waals surface area (Å²) in [6.45, 7) is 2.27. The minimum absolute atomic E-state index is 0.0236. The van der Waals surface area contributed by atoms with Crippen molar-refractivity contribution in [2.75, 3.05) is 5.32 Å². The molecule has 2 aromatic rings. The summed E-state index contributed by atoms with van der Waals surface area (Å²) in [5.41, 5.74) is 0.891. The molecule has 90 valence electrons. The number of nitrogens with one attached hydrogen (secondary N) is 1. The Kier molecular flexibility index (Phi) is 3.70. The molecule has 0 unspecified atom stereocenters. The summed E-state index contributed by atoms with van der Waals surface area (Å²) < 4.78 is 1.60. The summed E-state index contributed by atoms with van der Waals surface area (Å²) in [7, 11) is 0. The Morgan fingerprint density at radius 2 is 2.35 bits per heavy atom. The lowest BCUT2D eigenvalue weighted by Gasteiger charge is -2.04. The molecule has 2 aromatic heterocycles. The van der Waals surface area contributed by atoms with Crippen molar-refractivity contribution in [3.63, 3.8) is 0 Å². The van der Waals surface area contributed by atoms with Crippen LogP contribution in [0.4, 0.5) is 5.13 Å². The molecule has 0 aliphatic carbocycles. The lowest BCUT2D eigenvalue weighted by atomic mass is 10.4. The molecule has 0 spiro atoms. The van der Waals surface area contributed by atoms with Gasteiger partial charge < -0.3 is 9.88 Å². The van der Waals surface area contributed by atoms with Crippen molar-refractivity contribution < 1.29 is 4.79 Å². The number of hydrogen-bond acceptors (Lipinski definition) is 5. The van der Waals surface area contributed by atoms with Crippen molar-refractivity contribution in [3.8, 4) is 0 Å². The van der Waals surface area contributed by atoms with Crippen LogP contribution in [-0.2, 0) is 11.3 Å². The molecule has 0 aromatic carbocycles. The summed E-state index contributed by atoms with van der Waals surface area (Å²) in [6, 6.07) is 0. The molecule has 2 rings (SSSR count). The maximum Gasteiger partial charge on any atom is 0.307 e. The van der Waals surface area contributed by atoms with Crippen LogP contribution in [0.3, 0.4) is 0 Å². The Morgan fingerprint density at radius 1 is 1.53 bits per heavy atom. The topological polar surface area (TPSA) is 64.0 Å². The number of carbonyl (C=O) groups excluding carboxylic acids is 1. The average molecular weight is 269 g/mol. The minimum Gasteiger partial charge on any atom is -0.303 e. The van der Waals surface area contributed by atoms with E-state index in [9.17, 15) is 9.59 Å². The van der Waals surface area contributed by atoms with Crippen LogP contribution in [0.15, 0.2) is 21.8 Å². The predicted molar refractivity (Wildman–Crippen MR) is 68.7 cm³/mol. The number of aryl methyl sites for hydroxylation is 1. The molecular weight excluding hydrogens is 258 g/mol. The van der Waals surface area contributed by atoms with Crippen molar-refractivity contribution in [2.24, 2.45) is 0 Å². The van der Waals surface area contributed by atoms with E-state index in [0.717, 1.165) is 17.0 Å². The van der Waals surface area contributed by atoms with E-state index in [1.165, 1.54) is 11.3 Å². The third-order valence-electron chi connectivity index (χ3n) is 2.22. The molecule has 0 radical (unpaired) electrons. The maximum atomic E-state index is 11.6. The highest BCUT2D eigenvalue weighted by Gasteiger charge is 2.07. The number of anilines is 1. The van der Waals surface area contributed by atoms with Crippen LogP contribution in [-0.4, -0.2) is 15.5 Å². The van der Waals surface area contributed by atoms with E-state index < -0.39 is 0 Å². The van der Waals surface area contributed by atoms with Crippen LogP contribution in [0.5, 0.6) is 0 Å². The summed E-state index contributed by atoms with van der Waals surface area (Å²) >= 11 is 2.52. The van der Waals surface area contributed by atoms with Crippen LogP contribution in [0.2, 0.25) is 0 Å². The van der Waals surface area contributed by atoms with Crippen molar-refractivity contribution in [3.05, 3.63) is 32.3 Å². The van der Waals surface area contributed by atoms with E-state index in [1.807, 2.05) is 6.92 Å². The third-order valence-corrected chi connectivity index (χ3v) is 3.79. The molecule has 0 fully saturated rings. The van der Waals surface area contributed by atoms with Gasteiger partial charge in [0.2, 0.25) is 5.91 Å². The monoisotopic (exact) mass is 269 g/mol. The summed E-state index contributed by atoms with van der Waals surface area (Å²) in [4.78, 5) is 26.9. The van der Waals surface area contributed by atoms with E-state index in [2.05, 4.69) is 10.3 Å². The van der Waals surface area contributed by atoms with Gasteiger partial charge in [-0.2, -0.15) is 0 Å². The highest BCUT2D eigenvalue weighted by atomic mass is 32.1.